The molecule has 138 valence electrons. The van der Waals surface area contributed by atoms with Crippen LogP contribution < -0.4 is 0 Å². The first-order valence-corrected chi connectivity index (χ1v) is 11.0. The molecule has 3 fully saturated rings. The van der Waals surface area contributed by atoms with E-state index in [9.17, 15) is 4.79 Å². The maximum absolute atomic E-state index is 12.6. The topological polar surface area (TPSA) is 26.8 Å². The summed E-state index contributed by atoms with van der Waals surface area (Å²) in [5.74, 6) is 0.746. The number of carbonyl (C=O) groups excluding carboxylic acids is 1. The molecule has 1 aromatic heterocycles. The summed E-state index contributed by atoms with van der Waals surface area (Å²) < 4.78 is 0. The van der Waals surface area contributed by atoms with Crippen LogP contribution in [0.4, 0.5) is 0 Å². The molecule has 0 saturated carbocycles. The van der Waals surface area contributed by atoms with E-state index in [1.807, 2.05) is 0 Å². The maximum atomic E-state index is 12.6. The zero-order valence-electron chi connectivity index (χ0n) is 15.2. The van der Waals surface area contributed by atoms with Crippen molar-refractivity contribution in [3.8, 4) is 0 Å². The fraction of sp³-hybridized carbons (Fsp3) is 0.750. The number of likely N-dealkylation sites (tertiary alicyclic amines) is 3. The van der Waals surface area contributed by atoms with Crippen LogP contribution >= 0.6 is 11.3 Å². The summed E-state index contributed by atoms with van der Waals surface area (Å²) in [6.07, 6.45) is 7.13. The highest BCUT2D eigenvalue weighted by atomic mass is 32.1. The number of carbonyl (C=O) groups is 1. The quantitative estimate of drug-likeness (QED) is 0.825. The third-order valence-electron chi connectivity index (χ3n) is 6.36. The van der Waals surface area contributed by atoms with E-state index in [-0.39, 0.29) is 0 Å². The molecule has 4 heterocycles. The number of thiophene rings is 1. The molecule has 4 nitrogen and oxygen atoms in total. The molecule has 3 saturated heterocycles. The Kier molecular flexibility index (Phi) is 5.73. The van der Waals surface area contributed by atoms with Gasteiger partial charge in [-0.15, -0.1) is 0 Å². The summed E-state index contributed by atoms with van der Waals surface area (Å²) in [6.45, 7) is 7.80. The average molecular weight is 362 g/mol. The van der Waals surface area contributed by atoms with E-state index in [4.69, 9.17) is 0 Å². The Bertz CT molecular complexity index is 539. The van der Waals surface area contributed by atoms with Crippen molar-refractivity contribution in [1.29, 1.82) is 0 Å². The van der Waals surface area contributed by atoms with E-state index in [0.29, 0.717) is 11.8 Å². The van der Waals surface area contributed by atoms with E-state index in [1.54, 1.807) is 11.3 Å². The van der Waals surface area contributed by atoms with Crippen molar-refractivity contribution in [3.63, 3.8) is 0 Å². The molecule has 0 N–H and O–H groups in total. The average Bonchev–Trinajstić information content (AvgIpc) is 3.36. The van der Waals surface area contributed by atoms with Gasteiger partial charge in [0.2, 0.25) is 5.91 Å². The number of amides is 1. The van der Waals surface area contributed by atoms with Gasteiger partial charge in [0.25, 0.3) is 0 Å². The van der Waals surface area contributed by atoms with Crippen LogP contribution in [0.3, 0.4) is 0 Å². The Labute approximate surface area is 155 Å². The molecule has 0 atom stereocenters. The van der Waals surface area contributed by atoms with Gasteiger partial charge in [0, 0.05) is 31.6 Å². The smallest absolute Gasteiger partial charge is 0.225 e. The summed E-state index contributed by atoms with van der Waals surface area (Å²) in [5.41, 5.74) is 1.46. The fourth-order valence-corrected chi connectivity index (χ4v) is 5.45. The van der Waals surface area contributed by atoms with Gasteiger partial charge < -0.3 is 9.80 Å². The van der Waals surface area contributed by atoms with E-state index in [1.165, 1.54) is 44.3 Å². The molecular formula is C20H31N3OS. The van der Waals surface area contributed by atoms with Gasteiger partial charge in [-0.25, -0.2) is 0 Å². The number of piperidine rings is 2. The van der Waals surface area contributed by atoms with Crippen molar-refractivity contribution >= 4 is 17.2 Å². The second-order valence-corrected chi connectivity index (χ2v) is 8.76. The minimum absolute atomic E-state index is 0.299. The normalized spacial score (nSPS) is 24.9. The van der Waals surface area contributed by atoms with Gasteiger partial charge in [-0.3, -0.25) is 9.69 Å². The number of rotatable bonds is 4. The van der Waals surface area contributed by atoms with Crippen molar-refractivity contribution in [2.75, 3.05) is 39.3 Å². The molecule has 0 aliphatic carbocycles. The van der Waals surface area contributed by atoms with Crippen LogP contribution in [0.25, 0.3) is 0 Å². The first-order chi connectivity index (χ1) is 12.3. The molecule has 0 aromatic carbocycles. The highest BCUT2D eigenvalue weighted by Gasteiger charge is 2.33. The Morgan fingerprint density at radius 2 is 1.72 bits per heavy atom. The molecule has 25 heavy (non-hydrogen) atoms. The van der Waals surface area contributed by atoms with Crippen LogP contribution in [-0.2, 0) is 11.3 Å². The predicted molar refractivity (Wildman–Crippen MR) is 103 cm³/mol. The fourth-order valence-electron chi connectivity index (χ4n) is 4.79. The van der Waals surface area contributed by atoms with Crippen molar-refractivity contribution in [3.05, 3.63) is 22.4 Å². The van der Waals surface area contributed by atoms with Gasteiger partial charge in [-0.1, -0.05) is 0 Å². The summed E-state index contributed by atoms with van der Waals surface area (Å²) in [4.78, 5) is 20.0. The van der Waals surface area contributed by atoms with Crippen LogP contribution in [0.5, 0.6) is 0 Å². The van der Waals surface area contributed by atoms with Crippen LogP contribution in [0, 0.1) is 5.92 Å². The van der Waals surface area contributed by atoms with Gasteiger partial charge in [-0.2, -0.15) is 11.3 Å². The Balaban J connectivity index is 1.20. The molecule has 0 unspecified atom stereocenters. The molecule has 0 radical (unpaired) electrons. The zero-order valence-corrected chi connectivity index (χ0v) is 16.1. The van der Waals surface area contributed by atoms with Gasteiger partial charge in [-0.05, 0) is 87.1 Å². The second kappa shape index (κ2) is 8.19. The molecule has 0 spiro atoms. The van der Waals surface area contributed by atoms with E-state index >= 15 is 0 Å². The lowest BCUT2D eigenvalue weighted by atomic mass is 9.92. The first kappa shape index (κ1) is 17.5. The van der Waals surface area contributed by atoms with Crippen molar-refractivity contribution in [2.24, 2.45) is 5.92 Å². The molecule has 3 aliphatic rings. The SMILES string of the molecule is O=C(C1CCN(C2CCN(Cc3ccsc3)CC2)CC1)N1CCCC1. The minimum atomic E-state index is 0.299. The standard InChI is InChI=1S/C20H31N3OS/c24-20(23-8-1-2-9-23)18-3-12-22(13-4-18)19-5-10-21(11-6-19)15-17-7-14-25-16-17/h7,14,16,18-19H,1-6,8-13,15H2. The van der Waals surface area contributed by atoms with Crippen LogP contribution in [-0.4, -0.2) is 65.9 Å². The van der Waals surface area contributed by atoms with Crippen molar-refractivity contribution < 1.29 is 4.79 Å². The lowest BCUT2D eigenvalue weighted by Crippen LogP contribution is -2.49. The monoisotopic (exact) mass is 361 g/mol. The first-order valence-electron chi connectivity index (χ1n) is 10.1. The van der Waals surface area contributed by atoms with Gasteiger partial charge in [0.1, 0.15) is 0 Å². The minimum Gasteiger partial charge on any atom is -0.342 e. The van der Waals surface area contributed by atoms with Gasteiger partial charge in [0.15, 0.2) is 0 Å². The van der Waals surface area contributed by atoms with Crippen molar-refractivity contribution in [1.82, 2.24) is 14.7 Å². The lowest BCUT2D eigenvalue weighted by Gasteiger charge is -2.42. The van der Waals surface area contributed by atoms with Crippen LogP contribution in [0.1, 0.15) is 44.1 Å². The Hall–Kier alpha value is -0.910. The zero-order chi connectivity index (χ0) is 17.1. The summed E-state index contributed by atoms with van der Waals surface area (Å²) in [7, 11) is 0. The second-order valence-electron chi connectivity index (χ2n) is 7.98. The lowest BCUT2D eigenvalue weighted by molar-refractivity contribution is -0.136. The third-order valence-corrected chi connectivity index (χ3v) is 7.09. The molecule has 0 bridgehead atoms. The molecule has 1 aromatic rings. The number of hydrogen-bond acceptors (Lipinski definition) is 4. The third kappa shape index (κ3) is 4.26. The van der Waals surface area contributed by atoms with E-state index in [0.717, 1.165) is 51.6 Å². The van der Waals surface area contributed by atoms with E-state index < -0.39 is 0 Å². The molecule has 4 rings (SSSR count). The van der Waals surface area contributed by atoms with Crippen LogP contribution in [0.15, 0.2) is 16.8 Å². The highest BCUT2D eigenvalue weighted by molar-refractivity contribution is 7.07. The predicted octanol–water partition coefficient (Wildman–Crippen LogP) is 3.05. The Morgan fingerprint density at radius 3 is 2.36 bits per heavy atom. The molecule has 1 amide bonds. The maximum Gasteiger partial charge on any atom is 0.225 e. The van der Waals surface area contributed by atoms with Crippen LogP contribution in [0.2, 0.25) is 0 Å². The molecule has 3 aliphatic heterocycles. The largest absolute Gasteiger partial charge is 0.342 e. The highest BCUT2D eigenvalue weighted by Crippen LogP contribution is 2.26. The molecular weight excluding hydrogens is 330 g/mol. The Morgan fingerprint density at radius 1 is 1.00 bits per heavy atom. The van der Waals surface area contributed by atoms with Gasteiger partial charge in [0.05, 0.1) is 0 Å². The number of hydrogen-bond donors (Lipinski definition) is 0. The van der Waals surface area contributed by atoms with Crippen molar-refractivity contribution in [2.45, 2.75) is 51.1 Å². The summed E-state index contributed by atoms with van der Waals surface area (Å²) in [6, 6.07) is 2.99. The number of nitrogens with zero attached hydrogens (tertiary/aromatic N) is 3. The summed E-state index contributed by atoms with van der Waals surface area (Å²) in [5, 5.41) is 4.45. The van der Waals surface area contributed by atoms with E-state index in [2.05, 4.69) is 31.5 Å². The molecule has 5 heteroatoms. The summed E-state index contributed by atoms with van der Waals surface area (Å²) >= 11 is 1.80. The van der Waals surface area contributed by atoms with Gasteiger partial charge >= 0.3 is 0 Å².